The second kappa shape index (κ2) is 6.47. The van der Waals surface area contributed by atoms with Crippen LogP contribution in [0.5, 0.6) is 0 Å². The lowest BCUT2D eigenvalue weighted by Crippen LogP contribution is -2.32. The first-order valence-electron chi connectivity index (χ1n) is 10.3. The number of anilines is 1. The zero-order valence-electron chi connectivity index (χ0n) is 15.4. The molecule has 27 heavy (non-hydrogen) atoms. The minimum Gasteiger partial charge on any atom is -0.459 e. The Kier molecular flexibility index (Phi) is 4.06. The summed E-state index contributed by atoms with van der Waals surface area (Å²) < 4.78 is 5.60. The van der Waals surface area contributed by atoms with Gasteiger partial charge in [-0.15, -0.1) is 0 Å². The molecule has 2 bridgehead atoms. The Labute approximate surface area is 159 Å². The summed E-state index contributed by atoms with van der Waals surface area (Å²) in [5.41, 5.74) is 1.05. The van der Waals surface area contributed by atoms with Crippen LogP contribution in [0, 0.1) is 23.7 Å². The molecular formula is C22H25NO4. The summed E-state index contributed by atoms with van der Waals surface area (Å²) >= 11 is 0. The molecule has 142 valence electrons. The number of carbonyl (C=O) groups is 3. The van der Waals surface area contributed by atoms with Gasteiger partial charge in [-0.05, 0) is 81.0 Å². The van der Waals surface area contributed by atoms with Crippen LogP contribution in [0.1, 0.15) is 61.7 Å². The third-order valence-corrected chi connectivity index (χ3v) is 7.11. The van der Waals surface area contributed by atoms with Crippen LogP contribution in [-0.2, 0) is 14.3 Å². The Hall–Kier alpha value is -2.17. The monoisotopic (exact) mass is 367 g/mol. The van der Waals surface area contributed by atoms with E-state index in [2.05, 4.69) is 0 Å². The predicted octanol–water partition coefficient (Wildman–Crippen LogP) is 3.71. The summed E-state index contributed by atoms with van der Waals surface area (Å²) in [7, 11) is 0. The van der Waals surface area contributed by atoms with Gasteiger partial charge in [0.2, 0.25) is 11.8 Å². The summed E-state index contributed by atoms with van der Waals surface area (Å²) in [5, 5.41) is 0. The standard InChI is InChI=1S/C22H25NO4/c24-20-18-14-6-7-15(12-14)19(18)21(25)23(20)16-10-8-13(9-11-16)22(26)27-17-4-2-1-3-5-17/h8-11,14-15,17-19H,1-7,12H2/t14-,15+,18-,19-/m0/s1. The number of carbonyl (C=O) groups excluding carboxylic acids is 3. The average molecular weight is 367 g/mol. The molecule has 2 amide bonds. The fourth-order valence-electron chi connectivity index (χ4n) is 5.81. The summed E-state index contributed by atoms with van der Waals surface area (Å²) in [6.07, 6.45) is 8.51. The lowest BCUT2D eigenvalue weighted by molar-refractivity contribution is -0.123. The molecular weight excluding hydrogens is 342 g/mol. The maximum absolute atomic E-state index is 12.9. The van der Waals surface area contributed by atoms with E-state index in [9.17, 15) is 14.4 Å². The summed E-state index contributed by atoms with van der Waals surface area (Å²) in [4.78, 5) is 39.5. The van der Waals surface area contributed by atoms with Crippen molar-refractivity contribution in [2.45, 2.75) is 57.5 Å². The van der Waals surface area contributed by atoms with Crippen LogP contribution in [0.4, 0.5) is 5.69 Å². The van der Waals surface area contributed by atoms with Gasteiger partial charge in [0.1, 0.15) is 6.10 Å². The Bertz CT molecular complexity index is 752. The van der Waals surface area contributed by atoms with Crippen LogP contribution in [0.3, 0.4) is 0 Å². The molecule has 1 saturated heterocycles. The van der Waals surface area contributed by atoms with Crippen LogP contribution < -0.4 is 4.90 Å². The van der Waals surface area contributed by atoms with Gasteiger partial charge < -0.3 is 4.74 Å². The largest absolute Gasteiger partial charge is 0.459 e. The van der Waals surface area contributed by atoms with E-state index in [0.29, 0.717) is 23.1 Å². The number of nitrogens with zero attached hydrogens (tertiary/aromatic N) is 1. The number of imide groups is 1. The van der Waals surface area contributed by atoms with Crippen molar-refractivity contribution in [3.8, 4) is 0 Å². The zero-order chi connectivity index (χ0) is 18.5. The lowest BCUT2D eigenvalue weighted by atomic mass is 9.81. The number of amides is 2. The van der Waals surface area contributed by atoms with E-state index in [1.54, 1.807) is 24.3 Å². The minimum atomic E-state index is -0.317. The Balaban J connectivity index is 1.31. The molecule has 3 aliphatic carbocycles. The number of hydrogen-bond acceptors (Lipinski definition) is 4. The molecule has 5 rings (SSSR count). The number of rotatable bonds is 3. The second-order valence-corrected chi connectivity index (χ2v) is 8.61. The third kappa shape index (κ3) is 2.70. The molecule has 5 heteroatoms. The molecule has 4 aliphatic rings. The molecule has 0 aromatic heterocycles. The predicted molar refractivity (Wildman–Crippen MR) is 99.0 cm³/mol. The van der Waals surface area contributed by atoms with Gasteiger partial charge in [0.05, 0.1) is 23.1 Å². The quantitative estimate of drug-likeness (QED) is 0.603. The molecule has 3 saturated carbocycles. The van der Waals surface area contributed by atoms with Gasteiger partial charge in [0, 0.05) is 0 Å². The first kappa shape index (κ1) is 17.0. The van der Waals surface area contributed by atoms with Gasteiger partial charge in [-0.25, -0.2) is 4.79 Å². The molecule has 5 nitrogen and oxygen atoms in total. The topological polar surface area (TPSA) is 63.7 Å². The van der Waals surface area contributed by atoms with E-state index in [1.807, 2.05) is 0 Å². The molecule has 0 spiro atoms. The number of fused-ring (bicyclic) bond motifs is 5. The number of hydrogen-bond donors (Lipinski definition) is 0. The third-order valence-electron chi connectivity index (χ3n) is 7.11. The van der Waals surface area contributed by atoms with Gasteiger partial charge in [0.15, 0.2) is 0 Å². The minimum absolute atomic E-state index is 0.0162. The van der Waals surface area contributed by atoms with Gasteiger partial charge in [-0.3, -0.25) is 14.5 Å². The highest BCUT2D eigenvalue weighted by Gasteiger charge is 2.61. The van der Waals surface area contributed by atoms with Crippen molar-refractivity contribution in [3.05, 3.63) is 29.8 Å². The Morgan fingerprint density at radius 1 is 0.852 bits per heavy atom. The summed E-state index contributed by atoms with van der Waals surface area (Å²) in [5.74, 6) is 0.115. The molecule has 0 N–H and O–H groups in total. The molecule has 1 heterocycles. The molecule has 4 atom stereocenters. The highest BCUT2D eigenvalue weighted by Crippen LogP contribution is 2.56. The van der Waals surface area contributed by atoms with Crippen LogP contribution in [-0.4, -0.2) is 23.9 Å². The number of benzene rings is 1. The zero-order valence-corrected chi connectivity index (χ0v) is 15.4. The van der Waals surface area contributed by atoms with E-state index in [1.165, 1.54) is 11.3 Å². The van der Waals surface area contributed by atoms with Crippen LogP contribution in [0.25, 0.3) is 0 Å². The molecule has 1 aliphatic heterocycles. The fourth-order valence-corrected chi connectivity index (χ4v) is 5.81. The first-order valence-corrected chi connectivity index (χ1v) is 10.3. The Morgan fingerprint density at radius 3 is 2.04 bits per heavy atom. The second-order valence-electron chi connectivity index (χ2n) is 8.61. The molecule has 1 aromatic rings. The van der Waals surface area contributed by atoms with Crippen molar-refractivity contribution < 1.29 is 19.1 Å². The van der Waals surface area contributed by atoms with Crippen molar-refractivity contribution in [1.82, 2.24) is 0 Å². The van der Waals surface area contributed by atoms with E-state index in [4.69, 9.17) is 4.74 Å². The van der Waals surface area contributed by atoms with Gasteiger partial charge >= 0.3 is 5.97 Å². The van der Waals surface area contributed by atoms with E-state index in [-0.39, 0.29) is 35.7 Å². The van der Waals surface area contributed by atoms with Crippen molar-refractivity contribution >= 4 is 23.5 Å². The smallest absolute Gasteiger partial charge is 0.338 e. The van der Waals surface area contributed by atoms with Gasteiger partial charge in [0.25, 0.3) is 0 Å². The first-order chi connectivity index (χ1) is 13.1. The van der Waals surface area contributed by atoms with Gasteiger partial charge in [-0.2, -0.15) is 0 Å². The normalized spacial score (nSPS) is 32.8. The SMILES string of the molecule is O=C(OC1CCCCC1)c1ccc(N2C(=O)[C@H]3[C@@H]4CC[C@@H](C4)[C@@H]3C2=O)cc1. The number of esters is 1. The molecule has 4 fully saturated rings. The highest BCUT2D eigenvalue weighted by atomic mass is 16.5. The van der Waals surface area contributed by atoms with E-state index in [0.717, 1.165) is 44.9 Å². The molecule has 0 radical (unpaired) electrons. The van der Waals surface area contributed by atoms with Crippen LogP contribution in [0.2, 0.25) is 0 Å². The van der Waals surface area contributed by atoms with Gasteiger partial charge in [-0.1, -0.05) is 6.42 Å². The van der Waals surface area contributed by atoms with Crippen molar-refractivity contribution in [1.29, 1.82) is 0 Å². The highest BCUT2D eigenvalue weighted by molar-refractivity contribution is 6.22. The molecule has 1 aromatic carbocycles. The van der Waals surface area contributed by atoms with Crippen molar-refractivity contribution in [2.75, 3.05) is 4.90 Å². The van der Waals surface area contributed by atoms with E-state index < -0.39 is 0 Å². The Morgan fingerprint density at radius 2 is 1.44 bits per heavy atom. The maximum atomic E-state index is 12.9. The van der Waals surface area contributed by atoms with Crippen molar-refractivity contribution in [2.24, 2.45) is 23.7 Å². The number of ether oxygens (including phenoxy) is 1. The molecule has 0 unspecified atom stereocenters. The van der Waals surface area contributed by atoms with Crippen LogP contribution >= 0.6 is 0 Å². The summed E-state index contributed by atoms with van der Waals surface area (Å²) in [6.45, 7) is 0. The lowest BCUT2D eigenvalue weighted by Gasteiger charge is -2.22. The van der Waals surface area contributed by atoms with Crippen molar-refractivity contribution in [3.63, 3.8) is 0 Å². The fraction of sp³-hybridized carbons (Fsp3) is 0.591. The van der Waals surface area contributed by atoms with E-state index >= 15 is 0 Å². The summed E-state index contributed by atoms with van der Waals surface area (Å²) in [6, 6.07) is 6.75. The van der Waals surface area contributed by atoms with Crippen LogP contribution in [0.15, 0.2) is 24.3 Å². The maximum Gasteiger partial charge on any atom is 0.338 e. The average Bonchev–Trinajstić information content (AvgIpc) is 3.37.